The molecule has 1 aromatic heterocycles. The Morgan fingerprint density at radius 3 is 2.87 bits per heavy atom. The normalized spacial score (nSPS) is 23.3. The minimum Gasteiger partial charge on any atom is -0.488 e. The van der Waals surface area contributed by atoms with Crippen molar-refractivity contribution >= 4 is 11.8 Å². The third kappa shape index (κ3) is 2.75. The molecule has 1 aromatic carbocycles. The van der Waals surface area contributed by atoms with Crippen LogP contribution in [-0.4, -0.2) is 46.5 Å². The van der Waals surface area contributed by atoms with Gasteiger partial charge >= 0.3 is 0 Å². The number of hydrogen-bond acceptors (Lipinski definition) is 4. The number of para-hydroxylation sites is 1. The molecule has 2 amide bonds. The first kappa shape index (κ1) is 18.0. The lowest BCUT2D eigenvalue weighted by Crippen LogP contribution is -2.45. The average molecular weight is 406 g/mol. The van der Waals surface area contributed by atoms with Crippen LogP contribution in [0.1, 0.15) is 48.2 Å². The topological polar surface area (TPSA) is 87.3 Å². The number of amides is 2. The highest BCUT2D eigenvalue weighted by Crippen LogP contribution is 2.52. The predicted molar refractivity (Wildman–Crippen MR) is 110 cm³/mol. The Hall–Kier alpha value is -2.83. The fourth-order valence-corrected chi connectivity index (χ4v) is 5.31. The van der Waals surface area contributed by atoms with Gasteiger partial charge in [-0.05, 0) is 43.7 Å². The molecule has 4 aliphatic rings. The number of fused-ring (bicyclic) bond motifs is 3. The monoisotopic (exact) mass is 406 g/mol. The van der Waals surface area contributed by atoms with Crippen LogP contribution in [0, 0.1) is 17.3 Å². The zero-order chi connectivity index (χ0) is 20.3. The summed E-state index contributed by atoms with van der Waals surface area (Å²) in [5.74, 6) is 1.39. The van der Waals surface area contributed by atoms with Crippen molar-refractivity contribution in [2.45, 2.75) is 38.7 Å². The first-order valence-electron chi connectivity index (χ1n) is 11.0. The summed E-state index contributed by atoms with van der Waals surface area (Å²) in [6, 6.07) is 7.75. The van der Waals surface area contributed by atoms with Gasteiger partial charge in [0.2, 0.25) is 5.91 Å². The van der Waals surface area contributed by atoms with Gasteiger partial charge in [0.1, 0.15) is 23.7 Å². The number of nitrogens with one attached hydrogen (secondary N) is 2. The molecule has 1 saturated heterocycles. The van der Waals surface area contributed by atoms with E-state index >= 15 is 0 Å². The summed E-state index contributed by atoms with van der Waals surface area (Å²) in [5, 5.41) is 10.6. The van der Waals surface area contributed by atoms with E-state index < -0.39 is 0 Å². The Morgan fingerprint density at radius 1 is 1.27 bits per heavy atom. The summed E-state index contributed by atoms with van der Waals surface area (Å²) in [7, 11) is 0. The Bertz CT molecular complexity index is 1020. The van der Waals surface area contributed by atoms with Crippen LogP contribution in [0.15, 0.2) is 24.3 Å². The molecule has 0 bridgehead atoms. The second kappa shape index (κ2) is 6.59. The first-order valence-corrected chi connectivity index (χ1v) is 11.0. The molecule has 2 aliphatic heterocycles. The lowest BCUT2D eigenvalue weighted by atomic mass is 9.62. The van der Waals surface area contributed by atoms with Crippen molar-refractivity contribution in [3.05, 3.63) is 35.5 Å². The molecule has 3 fully saturated rings. The highest BCUT2D eigenvalue weighted by molar-refractivity contribution is 5.97. The molecule has 7 nitrogen and oxygen atoms in total. The highest BCUT2D eigenvalue weighted by atomic mass is 16.5. The Labute approximate surface area is 175 Å². The molecule has 2 aliphatic carbocycles. The number of ether oxygens (including phenoxy) is 1. The van der Waals surface area contributed by atoms with Gasteiger partial charge in [-0.3, -0.25) is 14.7 Å². The number of likely N-dealkylation sites (tertiary alicyclic amines) is 1. The van der Waals surface area contributed by atoms with Crippen LogP contribution in [0.2, 0.25) is 0 Å². The quantitative estimate of drug-likeness (QED) is 0.817. The van der Waals surface area contributed by atoms with Gasteiger partial charge in [0.25, 0.3) is 5.91 Å². The van der Waals surface area contributed by atoms with E-state index in [1.165, 1.54) is 12.8 Å². The van der Waals surface area contributed by atoms with Crippen LogP contribution in [0.3, 0.4) is 0 Å². The number of rotatable bonds is 4. The molecule has 0 radical (unpaired) electrons. The number of hydrogen-bond donors (Lipinski definition) is 2. The summed E-state index contributed by atoms with van der Waals surface area (Å²) in [6.45, 7) is 2.25. The van der Waals surface area contributed by atoms with Crippen LogP contribution in [0.25, 0.3) is 11.3 Å². The Kier molecular flexibility index (Phi) is 3.95. The van der Waals surface area contributed by atoms with Gasteiger partial charge in [-0.2, -0.15) is 5.10 Å². The third-order valence-electron chi connectivity index (χ3n) is 7.46. The van der Waals surface area contributed by atoms with E-state index in [4.69, 9.17) is 4.74 Å². The number of carbonyl (C=O) groups excluding carboxylic acids is 2. The first-order chi connectivity index (χ1) is 14.6. The average Bonchev–Trinajstić information content (AvgIpc) is 3.32. The van der Waals surface area contributed by atoms with Crippen molar-refractivity contribution in [1.29, 1.82) is 0 Å². The van der Waals surface area contributed by atoms with Gasteiger partial charge in [-0.1, -0.05) is 18.6 Å². The molecule has 7 heteroatoms. The molecule has 30 heavy (non-hydrogen) atoms. The number of aromatic amines is 1. The zero-order valence-corrected chi connectivity index (χ0v) is 16.9. The smallest absolute Gasteiger partial charge is 0.272 e. The number of nitrogens with zero attached hydrogens (tertiary/aromatic N) is 2. The van der Waals surface area contributed by atoms with Crippen molar-refractivity contribution in [3.63, 3.8) is 0 Å². The van der Waals surface area contributed by atoms with E-state index in [9.17, 15) is 9.59 Å². The maximum absolute atomic E-state index is 13.4. The largest absolute Gasteiger partial charge is 0.488 e. The highest BCUT2D eigenvalue weighted by Gasteiger charge is 2.54. The molecular weight excluding hydrogens is 380 g/mol. The standard InChI is InChI=1S/C23H26N4O3/c28-21(24-10-14-6-7-14)17-11-27(13-23(17)8-3-9-23)22(29)20-16-12-30-18-5-2-1-4-15(18)19(16)25-26-20/h1-2,4-5,14,17H,3,6-13H2,(H,24,28)(H,25,26). The molecule has 2 saturated carbocycles. The summed E-state index contributed by atoms with van der Waals surface area (Å²) in [6.07, 6.45) is 5.62. The van der Waals surface area contributed by atoms with Crippen LogP contribution in [0.5, 0.6) is 5.75 Å². The number of aromatic nitrogens is 2. The summed E-state index contributed by atoms with van der Waals surface area (Å²) >= 11 is 0. The van der Waals surface area contributed by atoms with E-state index in [2.05, 4.69) is 15.5 Å². The van der Waals surface area contributed by atoms with Crippen molar-refractivity contribution in [1.82, 2.24) is 20.4 Å². The lowest BCUT2D eigenvalue weighted by molar-refractivity contribution is -0.129. The van der Waals surface area contributed by atoms with Crippen molar-refractivity contribution in [2.75, 3.05) is 19.6 Å². The molecule has 1 atom stereocenters. The van der Waals surface area contributed by atoms with E-state index in [0.29, 0.717) is 31.3 Å². The molecule has 156 valence electrons. The Balaban J connectivity index is 1.24. The molecule has 3 heterocycles. The fraction of sp³-hybridized carbons (Fsp3) is 0.522. The number of carbonyl (C=O) groups is 2. The van der Waals surface area contributed by atoms with Gasteiger partial charge in [-0.25, -0.2) is 0 Å². The Morgan fingerprint density at radius 2 is 2.10 bits per heavy atom. The second-order valence-electron chi connectivity index (χ2n) is 9.35. The molecular formula is C23H26N4O3. The van der Waals surface area contributed by atoms with Crippen LogP contribution >= 0.6 is 0 Å². The minimum absolute atomic E-state index is 0.0491. The lowest BCUT2D eigenvalue weighted by Gasteiger charge is -2.41. The van der Waals surface area contributed by atoms with Gasteiger partial charge < -0.3 is 15.0 Å². The summed E-state index contributed by atoms with van der Waals surface area (Å²) < 4.78 is 5.86. The van der Waals surface area contributed by atoms with E-state index in [-0.39, 0.29) is 23.1 Å². The van der Waals surface area contributed by atoms with Gasteiger partial charge in [0.15, 0.2) is 0 Å². The van der Waals surface area contributed by atoms with Gasteiger partial charge in [-0.15, -0.1) is 0 Å². The number of benzene rings is 1. The van der Waals surface area contributed by atoms with Crippen molar-refractivity contribution in [2.24, 2.45) is 17.3 Å². The van der Waals surface area contributed by atoms with Crippen molar-refractivity contribution in [3.8, 4) is 17.0 Å². The van der Waals surface area contributed by atoms with E-state index in [1.54, 1.807) is 0 Å². The maximum Gasteiger partial charge on any atom is 0.272 e. The van der Waals surface area contributed by atoms with Crippen LogP contribution < -0.4 is 10.1 Å². The van der Waals surface area contributed by atoms with Gasteiger partial charge in [0.05, 0.1) is 5.92 Å². The van der Waals surface area contributed by atoms with Gasteiger partial charge in [0, 0.05) is 36.2 Å². The molecule has 1 unspecified atom stereocenters. The minimum atomic E-state index is -0.107. The van der Waals surface area contributed by atoms with Crippen LogP contribution in [-0.2, 0) is 11.4 Å². The zero-order valence-electron chi connectivity index (χ0n) is 16.9. The maximum atomic E-state index is 13.4. The molecule has 2 N–H and O–H groups in total. The summed E-state index contributed by atoms with van der Waals surface area (Å²) in [5.41, 5.74) is 2.95. The molecule has 2 aromatic rings. The molecule has 6 rings (SSSR count). The second-order valence-corrected chi connectivity index (χ2v) is 9.35. The number of H-pyrrole nitrogens is 1. The van der Waals surface area contributed by atoms with Crippen LogP contribution in [0.4, 0.5) is 0 Å². The predicted octanol–water partition coefficient (Wildman–Crippen LogP) is 2.74. The SMILES string of the molecule is O=C(NCC1CC1)C1CN(C(=O)c2[nH]nc3c2COc2ccccc2-3)CC12CCC2. The van der Waals surface area contributed by atoms with E-state index in [0.717, 1.165) is 48.4 Å². The molecule has 1 spiro atoms. The fourth-order valence-electron chi connectivity index (χ4n) is 5.31. The van der Waals surface area contributed by atoms with E-state index in [1.807, 2.05) is 29.2 Å². The van der Waals surface area contributed by atoms with Crippen molar-refractivity contribution < 1.29 is 14.3 Å². The third-order valence-corrected chi connectivity index (χ3v) is 7.46. The summed E-state index contributed by atoms with van der Waals surface area (Å²) in [4.78, 5) is 28.2.